The van der Waals surface area contributed by atoms with Crippen molar-refractivity contribution in [1.82, 2.24) is 15.5 Å². The van der Waals surface area contributed by atoms with Crippen LogP contribution in [0.2, 0.25) is 0 Å². The lowest BCUT2D eigenvalue weighted by atomic mass is 10.0. The molecule has 0 unspecified atom stereocenters. The van der Waals surface area contributed by atoms with Crippen LogP contribution in [0.3, 0.4) is 0 Å². The number of methoxy groups -OCH3 is 1. The molecule has 0 aliphatic carbocycles. The largest absolute Gasteiger partial charge is 0.481 e. The van der Waals surface area contributed by atoms with Gasteiger partial charge in [0.25, 0.3) is 5.91 Å². The Kier molecular flexibility index (Phi) is 5.64. The van der Waals surface area contributed by atoms with E-state index in [0.717, 1.165) is 4.47 Å². The summed E-state index contributed by atoms with van der Waals surface area (Å²) < 4.78 is 5.74. The molecule has 8 heteroatoms. The van der Waals surface area contributed by atoms with E-state index >= 15 is 0 Å². The third-order valence-electron chi connectivity index (χ3n) is 3.04. The van der Waals surface area contributed by atoms with Gasteiger partial charge in [0.15, 0.2) is 5.69 Å². The van der Waals surface area contributed by atoms with Gasteiger partial charge in [-0.1, -0.05) is 28.1 Å². The third-order valence-corrected chi connectivity index (χ3v) is 3.57. The van der Waals surface area contributed by atoms with Gasteiger partial charge in [-0.3, -0.25) is 9.59 Å². The van der Waals surface area contributed by atoms with E-state index < -0.39 is 17.9 Å². The minimum atomic E-state index is -1.01. The molecule has 1 amide bonds. The molecule has 1 heterocycles. The number of rotatable bonds is 6. The summed E-state index contributed by atoms with van der Waals surface area (Å²) in [7, 11) is 1.44. The molecule has 0 fully saturated rings. The van der Waals surface area contributed by atoms with Gasteiger partial charge in [-0.05, 0) is 23.8 Å². The Hall–Kier alpha value is -2.48. The zero-order valence-corrected chi connectivity index (χ0v) is 13.8. The molecular weight excluding hydrogens is 366 g/mol. The van der Waals surface area contributed by atoms with E-state index in [9.17, 15) is 9.59 Å². The number of carbonyl (C=O) groups is 2. The summed E-state index contributed by atoms with van der Waals surface area (Å²) in [5.41, 5.74) is 0.767. The molecule has 2 aromatic rings. The zero-order valence-electron chi connectivity index (χ0n) is 12.2. The van der Waals surface area contributed by atoms with E-state index in [4.69, 9.17) is 9.84 Å². The predicted octanol–water partition coefficient (Wildman–Crippen LogP) is 2.19. The maximum atomic E-state index is 12.2. The Morgan fingerprint density at radius 2 is 1.91 bits per heavy atom. The number of carboxylic acids is 1. The first-order valence-electron chi connectivity index (χ1n) is 6.65. The molecule has 0 aliphatic heterocycles. The van der Waals surface area contributed by atoms with Crippen molar-refractivity contribution in [2.45, 2.75) is 12.5 Å². The van der Waals surface area contributed by atoms with Crippen LogP contribution in [0.15, 0.2) is 40.9 Å². The number of ether oxygens (including phenoxy) is 1. The van der Waals surface area contributed by atoms with Gasteiger partial charge in [0.2, 0.25) is 5.88 Å². The average Bonchev–Trinajstić information content (AvgIpc) is 2.54. The van der Waals surface area contributed by atoms with Gasteiger partial charge < -0.3 is 15.2 Å². The van der Waals surface area contributed by atoms with E-state index in [2.05, 4.69) is 31.4 Å². The van der Waals surface area contributed by atoms with Crippen molar-refractivity contribution in [2.24, 2.45) is 0 Å². The minimum Gasteiger partial charge on any atom is -0.481 e. The monoisotopic (exact) mass is 379 g/mol. The van der Waals surface area contributed by atoms with Crippen molar-refractivity contribution in [1.29, 1.82) is 0 Å². The molecule has 1 aromatic carbocycles. The highest BCUT2D eigenvalue weighted by Gasteiger charge is 2.20. The van der Waals surface area contributed by atoms with Crippen molar-refractivity contribution in [3.05, 3.63) is 52.1 Å². The highest BCUT2D eigenvalue weighted by atomic mass is 79.9. The van der Waals surface area contributed by atoms with E-state index in [1.165, 1.54) is 19.2 Å². The van der Waals surface area contributed by atoms with Crippen molar-refractivity contribution >= 4 is 27.8 Å². The fraction of sp³-hybridized carbons (Fsp3) is 0.200. The van der Waals surface area contributed by atoms with Crippen molar-refractivity contribution in [3.63, 3.8) is 0 Å². The van der Waals surface area contributed by atoms with Crippen LogP contribution in [0.5, 0.6) is 5.88 Å². The smallest absolute Gasteiger partial charge is 0.305 e. The van der Waals surface area contributed by atoms with E-state index in [-0.39, 0.29) is 18.0 Å². The number of benzene rings is 1. The van der Waals surface area contributed by atoms with Gasteiger partial charge in [-0.15, -0.1) is 10.2 Å². The number of hydrogen-bond acceptors (Lipinski definition) is 5. The zero-order chi connectivity index (χ0) is 16.8. The van der Waals surface area contributed by atoms with Gasteiger partial charge in [0, 0.05) is 10.5 Å². The number of nitrogens with one attached hydrogen (secondary N) is 1. The second-order valence-electron chi connectivity index (χ2n) is 4.64. The normalized spacial score (nSPS) is 11.6. The van der Waals surface area contributed by atoms with Crippen molar-refractivity contribution < 1.29 is 19.4 Å². The van der Waals surface area contributed by atoms with Crippen LogP contribution in [0.1, 0.15) is 28.5 Å². The average molecular weight is 380 g/mol. The number of halogens is 1. The molecule has 0 spiro atoms. The number of aromatic nitrogens is 2. The molecular formula is C15H14BrN3O4. The van der Waals surface area contributed by atoms with Gasteiger partial charge in [0.05, 0.1) is 19.6 Å². The molecule has 120 valence electrons. The van der Waals surface area contributed by atoms with Crippen LogP contribution < -0.4 is 10.1 Å². The van der Waals surface area contributed by atoms with Crippen molar-refractivity contribution in [2.75, 3.05) is 7.11 Å². The van der Waals surface area contributed by atoms with Crippen molar-refractivity contribution in [3.8, 4) is 5.88 Å². The van der Waals surface area contributed by atoms with Crippen LogP contribution in [-0.4, -0.2) is 34.3 Å². The molecule has 2 N–H and O–H groups in total. The Balaban J connectivity index is 2.17. The fourth-order valence-corrected chi connectivity index (χ4v) is 2.17. The molecule has 2 rings (SSSR count). The quantitative estimate of drug-likeness (QED) is 0.797. The Labute approximate surface area is 140 Å². The summed E-state index contributed by atoms with van der Waals surface area (Å²) in [6.07, 6.45) is -0.239. The number of carboxylic acid groups (broad SMARTS) is 1. The van der Waals surface area contributed by atoms with Crippen LogP contribution in [0, 0.1) is 0 Å². The Bertz CT molecular complexity index is 689. The lowest BCUT2D eigenvalue weighted by molar-refractivity contribution is -0.137. The lowest BCUT2D eigenvalue weighted by Crippen LogP contribution is -2.31. The topological polar surface area (TPSA) is 101 Å². The summed E-state index contributed by atoms with van der Waals surface area (Å²) in [5.74, 6) is -1.23. The minimum absolute atomic E-state index is 0.0818. The third kappa shape index (κ3) is 4.75. The molecule has 0 saturated heterocycles. The first-order chi connectivity index (χ1) is 11.0. The number of carbonyl (C=O) groups excluding carboxylic acids is 1. The first-order valence-corrected chi connectivity index (χ1v) is 7.44. The molecule has 1 atom stereocenters. The molecule has 0 saturated carbocycles. The number of nitrogens with zero attached hydrogens (tertiary/aromatic N) is 2. The number of aliphatic carboxylic acids is 1. The van der Waals surface area contributed by atoms with E-state index in [1.54, 1.807) is 24.3 Å². The van der Waals surface area contributed by atoms with E-state index in [1.807, 2.05) is 0 Å². The van der Waals surface area contributed by atoms with Crippen LogP contribution in [-0.2, 0) is 4.79 Å². The summed E-state index contributed by atoms with van der Waals surface area (Å²) in [6.45, 7) is 0. The standard InChI is InChI=1S/C15H14BrN3O4/c1-23-13-7-6-11(18-19-13)15(22)17-12(8-14(20)21)9-2-4-10(16)5-3-9/h2-7,12H,8H2,1H3,(H,17,22)(H,20,21)/t12-/m1/s1. The molecule has 7 nitrogen and oxygen atoms in total. The summed E-state index contributed by atoms with van der Waals surface area (Å²) >= 11 is 3.31. The summed E-state index contributed by atoms with van der Waals surface area (Å²) in [4.78, 5) is 23.3. The van der Waals surface area contributed by atoms with Crippen LogP contribution >= 0.6 is 15.9 Å². The Morgan fingerprint density at radius 3 is 2.43 bits per heavy atom. The van der Waals surface area contributed by atoms with Gasteiger partial charge in [0.1, 0.15) is 0 Å². The van der Waals surface area contributed by atoms with Gasteiger partial charge in [-0.25, -0.2) is 0 Å². The number of hydrogen-bond donors (Lipinski definition) is 2. The van der Waals surface area contributed by atoms with Crippen LogP contribution in [0.25, 0.3) is 0 Å². The highest BCUT2D eigenvalue weighted by molar-refractivity contribution is 9.10. The second-order valence-corrected chi connectivity index (χ2v) is 5.55. The molecule has 1 aromatic heterocycles. The van der Waals surface area contributed by atoms with Gasteiger partial charge in [-0.2, -0.15) is 0 Å². The summed E-state index contributed by atoms with van der Waals surface area (Å²) in [5, 5.41) is 19.2. The second kappa shape index (κ2) is 7.68. The molecule has 0 radical (unpaired) electrons. The SMILES string of the molecule is COc1ccc(C(=O)N[C@H](CC(=O)O)c2ccc(Br)cc2)nn1. The number of amides is 1. The molecule has 0 bridgehead atoms. The molecule has 23 heavy (non-hydrogen) atoms. The fourth-order valence-electron chi connectivity index (χ4n) is 1.90. The summed E-state index contributed by atoms with van der Waals surface area (Å²) in [6, 6.07) is 9.36. The Morgan fingerprint density at radius 1 is 1.22 bits per heavy atom. The maximum absolute atomic E-state index is 12.2. The maximum Gasteiger partial charge on any atom is 0.305 e. The van der Waals surface area contributed by atoms with Gasteiger partial charge >= 0.3 is 5.97 Å². The highest BCUT2D eigenvalue weighted by Crippen LogP contribution is 2.20. The predicted molar refractivity (Wildman–Crippen MR) is 85.2 cm³/mol. The van der Waals surface area contributed by atoms with Crippen LogP contribution in [0.4, 0.5) is 0 Å². The molecule has 0 aliphatic rings. The first kappa shape index (κ1) is 16.9. The van der Waals surface area contributed by atoms with E-state index in [0.29, 0.717) is 5.56 Å². The lowest BCUT2D eigenvalue weighted by Gasteiger charge is -2.17.